The second kappa shape index (κ2) is 15.3. The predicted octanol–water partition coefficient (Wildman–Crippen LogP) is 3.66. The van der Waals surface area contributed by atoms with Crippen LogP contribution in [0.15, 0.2) is 41.5 Å². The average Bonchev–Trinajstić information content (AvgIpc) is 3.65. The van der Waals surface area contributed by atoms with E-state index < -0.39 is 136 Å². The van der Waals surface area contributed by atoms with Gasteiger partial charge in [-0.15, -0.1) is 0 Å². The molecule has 63 heavy (non-hydrogen) atoms. The molecule has 1 aromatic rings. The quantitative estimate of drug-likeness (QED) is 0.182. The molecule has 2 heterocycles. The van der Waals surface area contributed by atoms with Crippen molar-refractivity contribution in [1.82, 2.24) is 5.32 Å². The standard InChI is InChI=1S/C45H57NO17/c1-20-27-31(57-21(2)47)33(51)43(11)25(49)17-26-44(19-56-26,61-22(3)48)32(43)35(59-36(52)23-15-13-12-14-16-23)45(42(27,9)10)34(60-39(55)63-45)30(20)58-37(53)29(50)28(24-18-41(24,7)8)46-38(54)62-40(4,5)6/h12-16,24-26,28-32,34-35,49-50H,17-19H2,1-11H3,(H,46,54)/t24-,25-,26+,28-,29+,30+,31+,32?,34?,35-,43+,44-,45+/m0/s1. The van der Waals surface area contributed by atoms with E-state index in [2.05, 4.69) is 5.32 Å². The van der Waals surface area contributed by atoms with Crippen molar-refractivity contribution in [2.75, 3.05) is 6.61 Å². The molecule has 3 N–H and O–H groups in total. The molecule has 5 fully saturated rings. The number of amides is 1. The zero-order valence-electron chi connectivity index (χ0n) is 37.3. The monoisotopic (exact) mass is 883 g/mol. The molecule has 13 atom stereocenters. The van der Waals surface area contributed by atoms with Gasteiger partial charge >= 0.3 is 36.1 Å². The topological polar surface area (TPSA) is 246 Å². The number of hydrogen-bond donors (Lipinski definition) is 3. The number of ether oxygens (including phenoxy) is 8. The lowest BCUT2D eigenvalue weighted by Gasteiger charge is -2.67. The van der Waals surface area contributed by atoms with Crippen LogP contribution in [0.2, 0.25) is 0 Å². The molecule has 0 radical (unpaired) electrons. The van der Waals surface area contributed by atoms with Gasteiger partial charge in [-0.05, 0) is 75.7 Å². The average molecular weight is 884 g/mol. The van der Waals surface area contributed by atoms with Crippen LogP contribution in [0, 0.1) is 28.1 Å². The zero-order chi connectivity index (χ0) is 46.6. The maximum atomic E-state index is 15.6. The van der Waals surface area contributed by atoms with Crippen LogP contribution in [-0.4, -0.2) is 124 Å². The summed E-state index contributed by atoms with van der Waals surface area (Å²) in [5.41, 5.74) is -9.38. The van der Waals surface area contributed by atoms with Crippen LogP contribution in [0.1, 0.15) is 99.4 Å². The molecule has 344 valence electrons. The molecule has 4 aliphatic carbocycles. The van der Waals surface area contributed by atoms with Crippen molar-refractivity contribution in [3.05, 3.63) is 47.0 Å². The third kappa shape index (κ3) is 7.25. The molecule has 6 aliphatic rings. The van der Waals surface area contributed by atoms with Crippen LogP contribution < -0.4 is 5.32 Å². The first kappa shape index (κ1) is 45.9. The Hall–Kier alpha value is -5.07. The van der Waals surface area contributed by atoms with E-state index >= 15 is 4.79 Å². The number of hydrogen-bond acceptors (Lipinski definition) is 17. The van der Waals surface area contributed by atoms with Crippen LogP contribution in [-0.2, 0) is 57.1 Å². The van der Waals surface area contributed by atoms with Gasteiger partial charge in [0.1, 0.15) is 11.7 Å². The van der Waals surface area contributed by atoms with Crippen molar-refractivity contribution < 1.29 is 81.7 Å². The number of alkyl carbamates (subject to hydrolysis) is 1. The minimum Gasteiger partial charge on any atom is -0.454 e. The summed E-state index contributed by atoms with van der Waals surface area (Å²) in [7, 11) is 0. The number of ketones is 1. The number of nitrogens with one attached hydrogen (secondary N) is 1. The van der Waals surface area contributed by atoms with Crippen LogP contribution in [0.5, 0.6) is 0 Å². The molecule has 18 nitrogen and oxygen atoms in total. The Morgan fingerprint density at radius 1 is 0.937 bits per heavy atom. The smallest absolute Gasteiger partial charge is 0.454 e. The van der Waals surface area contributed by atoms with E-state index in [0.717, 1.165) is 13.8 Å². The van der Waals surface area contributed by atoms with Crippen LogP contribution in [0.4, 0.5) is 9.59 Å². The van der Waals surface area contributed by atoms with E-state index in [9.17, 15) is 39.0 Å². The Balaban J connectivity index is 1.45. The number of esters is 4. The van der Waals surface area contributed by atoms with E-state index in [1.807, 2.05) is 13.8 Å². The zero-order valence-corrected chi connectivity index (χ0v) is 37.3. The number of rotatable bonds is 9. The number of benzene rings is 1. The molecule has 2 unspecified atom stereocenters. The first-order valence-corrected chi connectivity index (χ1v) is 21.1. The molecular weight excluding hydrogens is 826 g/mol. The Labute approximate surface area is 364 Å². The van der Waals surface area contributed by atoms with Crippen molar-refractivity contribution >= 4 is 41.9 Å². The molecule has 7 rings (SSSR count). The molecule has 2 saturated heterocycles. The summed E-state index contributed by atoms with van der Waals surface area (Å²) in [4.78, 5) is 97.8. The van der Waals surface area contributed by atoms with Gasteiger partial charge in [0.25, 0.3) is 0 Å². The first-order valence-electron chi connectivity index (χ1n) is 21.1. The number of carbonyl (C=O) groups excluding carboxylic acids is 7. The highest BCUT2D eigenvalue weighted by Gasteiger charge is 2.83. The van der Waals surface area contributed by atoms with Gasteiger partial charge in [-0.2, -0.15) is 0 Å². The van der Waals surface area contributed by atoms with E-state index in [1.54, 1.807) is 52.8 Å². The molecule has 1 amide bonds. The second-order valence-corrected chi connectivity index (χ2v) is 20.1. The minimum absolute atomic E-state index is 0.0288. The fraction of sp³-hybridized carbons (Fsp3) is 0.667. The summed E-state index contributed by atoms with van der Waals surface area (Å²) in [5, 5.41) is 26.6. The van der Waals surface area contributed by atoms with Gasteiger partial charge in [0, 0.05) is 25.7 Å². The summed E-state index contributed by atoms with van der Waals surface area (Å²) in [5.74, 6) is -6.95. The number of carbonyl (C=O) groups is 7. The number of fused-ring (bicyclic) bond motifs is 4. The number of aliphatic hydroxyl groups is 2. The molecule has 2 bridgehead atoms. The highest BCUT2D eigenvalue weighted by Crippen LogP contribution is 2.67. The maximum absolute atomic E-state index is 15.6. The fourth-order valence-electron chi connectivity index (χ4n) is 11.1. The van der Waals surface area contributed by atoms with Crippen molar-refractivity contribution in [1.29, 1.82) is 0 Å². The predicted molar refractivity (Wildman–Crippen MR) is 214 cm³/mol. The Morgan fingerprint density at radius 2 is 1.57 bits per heavy atom. The molecule has 2 aliphatic heterocycles. The van der Waals surface area contributed by atoms with E-state index in [-0.39, 0.29) is 29.7 Å². The number of Topliss-reactive ketones (excluding diaryl/α,β-unsaturated/α-hetero) is 1. The van der Waals surface area contributed by atoms with Crippen LogP contribution >= 0.6 is 0 Å². The van der Waals surface area contributed by atoms with E-state index in [4.69, 9.17) is 37.9 Å². The molecule has 1 aromatic carbocycles. The van der Waals surface area contributed by atoms with E-state index in [1.165, 1.54) is 26.0 Å². The molecule has 1 spiro atoms. The van der Waals surface area contributed by atoms with Crippen molar-refractivity contribution in [3.63, 3.8) is 0 Å². The molecular formula is C45H57NO17. The molecule has 3 saturated carbocycles. The van der Waals surface area contributed by atoms with Gasteiger partial charge in [0.15, 0.2) is 41.9 Å². The molecule has 18 heteroatoms. The van der Waals surface area contributed by atoms with Crippen molar-refractivity contribution in [3.8, 4) is 0 Å². The van der Waals surface area contributed by atoms with E-state index in [0.29, 0.717) is 6.42 Å². The Bertz CT molecular complexity index is 2140. The SMILES string of the molecule is CC(=O)O[C@H]1C(=O)[C@@]2(C)C([C@H](OC(=O)c3ccccc3)[C@]34OC(=O)OC3[C@H](OC(=O)[C@H](O)[C@@H](NC(=O)OC(C)(C)C)[C@@H]3CC3(C)C)C(C)=C1C4(C)C)[C@]1(OC(C)=O)CO[C@@H]1C[C@@H]2O. The third-order valence-electron chi connectivity index (χ3n) is 14.2. The van der Waals surface area contributed by atoms with Gasteiger partial charge in [-0.25, -0.2) is 19.2 Å². The number of aliphatic hydroxyl groups excluding tert-OH is 2. The van der Waals surface area contributed by atoms with Crippen LogP contribution in [0.25, 0.3) is 0 Å². The van der Waals surface area contributed by atoms with Crippen LogP contribution in [0.3, 0.4) is 0 Å². The third-order valence-corrected chi connectivity index (χ3v) is 14.2. The minimum atomic E-state index is -2.36. The Morgan fingerprint density at radius 3 is 2.11 bits per heavy atom. The largest absolute Gasteiger partial charge is 0.509 e. The van der Waals surface area contributed by atoms with Gasteiger partial charge in [-0.1, -0.05) is 45.9 Å². The summed E-state index contributed by atoms with van der Waals surface area (Å²) in [6, 6.07) is 6.52. The van der Waals surface area contributed by atoms with Crippen molar-refractivity contribution in [2.24, 2.45) is 28.1 Å². The van der Waals surface area contributed by atoms with Gasteiger partial charge in [0.05, 0.1) is 35.6 Å². The summed E-state index contributed by atoms with van der Waals surface area (Å²) >= 11 is 0. The lowest BCUT2D eigenvalue weighted by Crippen LogP contribution is -2.83. The normalized spacial score (nSPS) is 36.7. The van der Waals surface area contributed by atoms with Gasteiger partial charge in [0.2, 0.25) is 5.60 Å². The highest BCUT2D eigenvalue weighted by atomic mass is 16.8. The summed E-state index contributed by atoms with van der Waals surface area (Å²) < 4.78 is 48.4. The maximum Gasteiger partial charge on any atom is 0.509 e. The highest BCUT2D eigenvalue weighted by molar-refractivity contribution is 5.96. The molecule has 0 aromatic heterocycles. The van der Waals surface area contributed by atoms with Gasteiger partial charge in [-0.3, -0.25) is 14.4 Å². The van der Waals surface area contributed by atoms with Crippen molar-refractivity contribution in [2.45, 2.75) is 155 Å². The fourth-order valence-corrected chi connectivity index (χ4v) is 11.1. The lowest BCUT2D eigenvalue weighted by molar-refractivity contribution is -0.345. The summed E-state index contributed by atoms with van der Waals surface area (Å²) in [6.45, 7) is 16.5. The second-order valence-electron chi connectivity index (χ2n) is 20.1. The summed E-state index contributed by atoms with van der Waals surface area (Å²) in [6.07, 6.45) is -14.0. The lowest BCUT2D eigenvalue weighted by atomic mass is 9.44. The Kier molecular flexibility index (Phi) is 11.1. The van der Waals surface area contributed by atoms with Gasteiger partial charge < -0.3 is 53.4 Å². The first-order chi connectivity index (χ1) is 29.1.